The maximum Gasteiger partial charge on any atom is 0.305 e. The average Bonchev–Trinajstić information content (AvgIpc) is 3.52. The number of carbonyl (C=O) groups excluding carboxylic acids is 2. The number of amides is 1. The molecule has 85 heavy (non-hydrogen) atoms. The lowest BCUT2D eigenvalue weighted by Crippen LogP contribution is -2.45. The summed E-state index contributed by atoms with van der Waals surface area (Å²) < 4.78 is 5.49. The van der Waals surface area contributed by atoms with Crippen molar-refractivity contribution in [3.05, 3.63) is 36.5 Å². The molecular weight excluding hydrogens is 1040 g/mol. The lowest BCUT2D eigenvalue weighted by Gasteiger charge is -2.22. The molecule has 0 aliphatic carbocycles. The third kappa shape index (κ3) is 71.0. The van der Waals surface area contributed by atoms with E-state index in [1.54, 1.807) is 0 Å². The maximum absolute atomic E-state index is 12.5. The summed E-state index contributed by atoms with van der Waals surface area (Å²) in [4.78, 5) is 24.6. The molecule has 0 bridgehead atoms. The predicted molar refractivity (Wildman–Crippen MR) is 375 cm³/mol. The van der Waals surface area contributed by atoms with Crippen molar-refractivity contribution in [2.24, 2.45) is 0 Å². The van der Waals surface area contributed by atoms with Crippen LogP contribution in [0.2, 0.25) is 0 Å². The molecule has 0 heterocycles. The van der Waals surface area contributed by atoms with Gasteiger partial charge in [0.2, 0.25) is 5.91 Å². The normalized spacial score (nSPS) is 12.7. The molecule has 0 spiro atoms. The first-order valence-corrected chi connectivity index (χ1v) is 38.7. The molecule has 3 N–H and O–H groups in total. The largest absolute Gasteiger partial charge is 0.466 e. The van der Waals surface area contributed by atoms with Crippen molar-refractivity contribution >= 4 is 11.9 Å². The van der Waals surface area contributed by atoms with Crippen molar-refractivity contribution in [3.63, 3.8) is 0 Å². The highest BCUT2D eigenvalue weighted by Crippen LogP contribution is 2.19. The molecule has 2 unspecified atom stereocenters. The fraction of sp³-hybridized carbons (Fsp3) is 0.899. The molecule has 2 atom stereocenters. The molecule has 6 nitrogen and oxygen atoms in total. The molecule has 0 saturated heterocycles. The number of rotatable bonds is 73. The Labute approximate surface area is 532 Å². The van der Waals surface area contributed by atoms with Gasteiger partial charge in [-0.25, -0.2) is 0 Å². The van der Waals surface area contributed by atoms with E-state index >= 15 is 0 Å². The molecular formula is C79H151NO5. The van der Waals surface area contributed by atoms with E-state index in [4.69, 9.17) is 4.74 Å². The second kappa shape index (κ2) is 74.5. The van der Waals surface area contributed by atoms with Gasteiger partial charge in [0, 0.05) is 12.8 Å². The minimum atomic E-state index is -0.662. The Hall–Kier alpha value is -1.92. The topological polar surface area (TPSA) is 95.9 Å². The number of hydrogen-bond acceptors (Lipinski definition) is 5. The van der Waals surface area contributed by atoms with Crippen molar-refractivity contribution in [1.29, 1.82) is 0 Å². The fourth-order valence-electron chi connectivity index (χ4n) is 12.3. The average molecular weight is 1200 g/mol. The van der Waals surface area contributed by atoms with Crippen molar-refractivity contribution in [2.75, 3.05) is 13.2 Å². The van der Waals surface area contributed by atoms with Crippen LogP contribution in [0.1, 0.15) is 431 Å². The SMILES string of the molecule is CCCCCCC/C=C\CCCCCCCC(=O)OCCCCCCCCCCCCCCCCC/C=C\C/C=C\CCCCCCCCCCCCCCCCCCCC(=O)NC(CO)C(O)CCCCCCCCCCCCCCCCC. The van der Waals surface area contributed by atoms with Gasteiger partial charge in [0.15, 0.2) is 0 Å². The summed E-state index contributed by atoms with van der Waals surface area (Å²) in [6.45, 7) is 4.98. The fourth-order valence-corrected chi connectivity index (χ4v) is 12.3. The lowest BCUT2D eigenvalue weighted by atomic mass is 10.0. The van der Waals surface area contributed by atoms with Crippen LogP contribution in [0.25, 0.3) is 0 Å². The molecule has 0 aliphatic heterocycles. The van der Waals surface area contributed by atoms with E-state index in [2.05, 4.69) is 55.6 Å². The summed E-state index contributed by atoms with van der Waals surface area (Å²) in [7, 11) is 0. The van der Waals surface area contributed by atoms with Crippen LogP contribution in [0.4, 0.5) is 0 Å². The first kappa shape index (κ1) is 83.1. The molecule has 0 aromatic heterocycles. The Bertz CT molecular complexity index is 1380. The van der Waals surface area contributed by atoms with Crippen LogP contribution >= 0.6 is 0 Å². The van der Waals surface area contributed by atoms with Crippen molar-refractivity contribution in [1.82, 2.24) is 5.32 Å². The predicted octanol–water partition coefficient (Wildman–Crippen LogP) is 25.4. The number of allylic oxidation sites excluding steroid dienone is 6. The van der Waals surface area contributed by atoms with Crippen LogP contribution < -0.4 is 5.32 Å². The highest BCUT2D eigenvalue weighted by molar-refractivity contribution is 5.76. The van der Waals surface area contributed by atoms with Crippen molar-refractivity contribution in [3.8, 4) is 0 Å². The van der Waals surface area contributed by atoms with Gasteiger partial charge in [-0.05, 0) is 83.5 Å². The smallest absolute Gasteiger partial charge is 0.305 e. The third-order valence-corrected chi connectivity index (χ3v) is 18.2. The van der Waals surface area contributed by atoms with Gasteiger partial charge in [0.05, 0.1) is 25.4 Å². The van der Waals surface area contributed by atoms with Crippen LogP contribution in [-0.4, -0.2) is 47.4 Å². The number of carbonyl (C=O) groups is 2. The van der Waals surface area contributed by atoms with Gasteiger partial charge >= 0.3 is 5.97 Å². The Morgan fingerprint density at radius 1 is 0.329 bits per heavy atom. The van der Waals surface area contributed by atoms with Gasteiger partial charge in [0.25, 0.3) is 0 Å². The number of esters is 1. The zero-order chi connectivity index (χ0) is 61.3. The van der Waals surface area contributed by atoms with Gasteiger partial charge in [-0.2, -0.15) is 0 Å². The molecule has 1 amide bonds. The zero-order valence-corrected chi connectivity index (χ0v) is 57.6. The number of hydrogen-bond donors (Lipinski definition) is 3. The number of unbranched alkanes of at least 4 members (excludes halogenated alkanes) is 56. The highest BCUT2D eigenvalue weighted by Gasteiger charge is 2.20. The Balaban J connectivity index is 3.34. The molecule has 0 aromatic rings. The van der Waals surface area contributed by atoms with Crippen LogP contribution in [0.5, 0.6) is 0 Å². The summed E-state index contributed by atoms with van der Waals surface area (Å²) in [5.74, 6) is -0.0165. The molecule has 502 valence electrons. The minimum absolute atomic E-state index is 0.0122. The van der Waals surface area contributed by atoms with E-state index in [0.717, 1.165) is 51.4 Å². The van der Waals surface area contributed by atoms with E-state index in [0.29, 0.717) is 25.9 Å². The highest BCUT2D eigenvalue weighted by atomic mass is 16.5. The van der Waals surface area contributed by atoms with E-state index < -0.39 is 12.1 Å². The number of aliphatic hydroxyl groups excluding tert-OH is 2. The van der Waals surface area contributed by atoms with Gasteiger partial charge in [0.1, 0.15) is 0 Å². The number of nitrogens with one attached hydrogen (secondary N) is 1. The Kier molecular flexibility index (Phi) is 72.9. The lowest BCUT2D eigenvalue weighted by molar-refractivity contribution is -0.143. The van der Waals surface area contributed by atoms with Crippen molar-refractivity contribution in [2.45, 2.75) is 443 Å². The van der Waals surface area contributed by atoms with E-state index in [1.165, 1.54) is 347 Å². The molecule has 6 heteroatoms. The molecule has 0 aromatic carbocycles. The molecule has 0 saturated carbocycles. The zero-order valence-electron chi connectivity index (χ0n) is 57.6. The quantitative estimate of drug-likeness (QED) is 0.0320. The van der Waals surface area contributed by atoms with Crippen LogP contribution in [0, 0.1) is 0 Å². The molecule has 0 rings (SSSR count). The first-order valence-electron chi connectivity index (χ1n) is 38.7. The van der Waals surface area contributed by atoms with E-state index in [1.807, 2.05) is 0 Å². The van der Waals surface area contributed by atoms with E-state index in [-0.39, 0.29) is 18.5 Å². The second-order valence-electron chi connectivity index (χ2n) is 26.7. The summed E-state index contributed by atoms with van der Waals surface area (Å²) >= 11 is 0. The van der Waals surface area contributed by atoms with Gasteiger partial charge in [-0.3, -0.25) is 9.59 Å². The summed E-state index contributed by atoms with van der Waals surface area (Å²) in [6, 6.07) is -0.539. The maximum atomic E-state index is 12.5. The van der Waals surface area contributed by atoms with Gasteiger partial charge < -0.3 is 20.3 Å². The number of aliphatic hydroxyl groups is 2. The Morgan fingerprint density at radius 3 is 0.906 bits per heavy atom. The van der Waals surface area contributed by atoms with E-state index in [9.17, 15) is 19.8 Å². The monoisotopic (exact) mass is 1190 g/mol. The molecule has 0 fully saturated rings. The van der Waals surface area contributed by atoms with Crippen LogP contribution in [0.15, 0.2) is 36.5 Å². The first-order chi connectivity index (χ1) is 42.0. The summed E-state index contributed by atoms with van der Waals surface area (Å²) in [6.07, 6.45) is 96.7. The third-order valence-electron chi connectivity index (χ3n) is 18.2. The molecule has 0 aliphatic rings. The standard InChI is InChI=1S/C79H151NO5/c1-3-5-7-9-11-13-15-17-44-47-51-55-59-63-67-71-77(82)76(75-81)80-78(83)72-68-64-60-56-52-48-45-42-40-38-36-34-32-30-28-26-24-22-20-19-21-23-25-27-29-31-33-35-37-39-41-43-46-50-54-58-62-66-70-74-85-79(84)73-69-65-61-57-53-49-18-16-14-12-10-8-6-4-2/h16,18-20,23,25,76-77,81-82H,3-15,17,21-22,24,26-75H2,1-2H3,(H,80,83)/b18-16-,20-19-,25-23-. The van der Waals surface area contributed by atoms with Gasteiger partial charge in [-0.15, -0.1) is 0 Å². The summed E-state index contributed by atoms with van der Waals surface area (Å²) in [5.41, 5.74) is 0. The van der Waals surface area contributed by atoms with Crippen molar-refractivity contribution < 1.29 is 24.5 Å². The van der Waals surface area contributed by atoms with Crippen LogP contribution in [-0.2, 0) is 14.3 Å². The number of ether oxygens (including phenoxy) is 1. The van der Waals surface area contributed by atoms with Crippen LogP contribution in [0.3, 0.4) is 0 Å². The Morgan fingerprint density at radius 2 is 0.588 bits per heavy atom. The minimum Gasteiger partial charge on any atom is -0.466 e. The molecule has 0 radical (unpaired) electrons. The summed E-state index contributed by atoms with van der Waals surface area (Å²) in [5, 5.41) is 23.4. The second-order valence-corrected chi connectivity index (χ2v) is 26.7. The van der Waals surface area contributed by atoms with Gasteiger partial charge in [-0.1, -0.05) is 371 Å².